The summed E-state index contributed by atoms with van der Waals surface area (Å²) < 4.78 is 14.0. The van der Waals surface area contributed by atoms with Crippen molar-refractivity contribution in [2.75, 3.05) is 6.54 Å². The number of amides is 1. The molecule has 3 rings (SSSR count). The van der Waals surface area contributed by atoms with Crippen molar-refractivity contribution in [2.24, 2.45) is 0 Å². The number of benzene rings is 2. The summed E-state index contributed by atoms with van der Waals surface area (Å²) >= 11 is 3.41. The minimum absolute atomic E-state index is 0.000626. The number of nitrogens with one attached hydrogen (secondary N) is 1. The molecule has 0 saturated heterocycles. The summed E-state index contributed by atoms with van der Waals surface area (Å²) in [6.45, 7) is 0.617. The number of rotatable bonds is 5. The Hall–Kier alpha value is -1.68. The van der Waals surface area contributed by atoms with E-state index in [1.54, 1.807) is 0 Å². The average Bonchev–Trinajstić information content (AvgIpc) is 3.27. The van der Waals surface area contributed by atoms with Crippen LogP contribution < -0.4 is 5.32 Å². The number of carbonyl (C=O) groups excluding carboxylic acids is 1. The van der Waals surface area contributed by atoms with Gasteiger partial charge in [-0.05, 0) is 48.2 Å². The highest BCUT2D eigenvalue weighted by Gasteiger charge is 2.44. The van der Waals surface area contributed by atoms with E-state index < -0.39 is 0 Å². The van der Waals surface area contributed by atoms with Crippen molar-refractivity contribution in [3.63, 3.8) is 0 Å². The second kappa shape index (κ2) is 6.21. The third-order valence-corrected chi connectivity index (χ3v) is 4.68. The third kappa shape index (κ3) is 3.55. The molecule has 0 atom stereocenters. The molecule has 1 N–H and O–H groups in total. The van der Waals surface area contributed by atoms with Gasteiger partial charge < -0.3 is 5.32 Å². The van der Waals surface area contributed by atoms with E-state index in [0.717, 1.165) is 28.4 Å². The summed E-state index contributed by atoms with van der Waals surface area (Å²) in [5.41, 5.74) is 2.09. The van der Waals surface area contributed by atoms with Crippen LogP contribution in [0.5, 0.6) is 0 Å². The van der Waals surface area contributed by atoms with Gasteiger partial charge in [0.2, 0.25) is 5.91 Å². The van der Waals surface area contributed by atoms with Crippen molar-refractivity contribution < 1.29 is 9.18 Å². The van der Waals surface area contributed by atoms with Gasteiger partial charge >= 0.3 is 0 Å². The largest absolute Gasteiger partial charge is 0.355 e. The zero-order valence-electron chi connectivity index (χ0n) is 12.1. The van der Waals surface area contributed by atoms with Gasteiger partial charge in [0.1, 0.15) is 5.82 Å². The number of hydrogen-bond acceptors (Lipinski definition) is 1. The van der Waals surface area contributed by atoms with Crippen LogP contribution in [0.4, 0.5) is 4.39 Å². The summed E-state index contributed by atoms with van der Waals surface area (Å²) in [6.07, 6.45) is 2.45. The molecule has 0 aliphatic heterocycles. The van der Waals surface area contributed by atoms with Crippen molar-refractivity contribution in [2.45, 2.75) is 24.7 Å². The number of carbonyl (C=O) groups is 1. The van der Waals surface area contributed by atoms with E-state index in [2.05, 4.69) is 21.2 Å². The van der Waals surface area contributed by atoms with E-state index in [4.69, 9.17) is 0 Å². The first-order valence-corrected chi connectivity index (χ1v) is 8.14. The Bertz CT molecular complexity index is 680. The monoisotopic (exact) mass is 361 g/mol. The maximum absolute atomic E-state index is 13.0. The maximum Gasteiger partial charge on any atom is 0.224 e. The minimum atomic E-state index is -0.224. The van der Waals surface area contributed by atoms with Crippen LogP contribution in [0.1, 0.15) is 24.0 Å². The zero-order valence-corrected chi connectivity index (χ0v) is 13.7. The molecule has 1 fully saturated rings. The molecular formula is C18H17BrFNO. The molecule has 0 bridgehead atoms. The Labute approximate surface area is 137 Å². The molecule has 0 radical (unpaired) electrons. The van der Waals surface area contributed by atoms with Gasteiger partial charge in [-0.2, -0.15) is 0 Å². The van der Waals surface area contributed by atoms with Gasteiger partial charge in [0.05, 0.1) is 6.42 Å². The topological polar surface area (TPSA) is 29.1 Å². The van der Waals surface area contributed by atoms with E-state index in [9.17, 15) is 9.18 Å². The molecule has 2 aromatic carbocycles. The van der Waals surface area contributed by atoms with Crippen LogP contribution in [0.25, 0.3) is 0 Å². The molecule has 0 heterocycles. The van der Waals surface area contributed by atoms with Gasteiger partial charge in [-0.25, -0.2) is 4.39 Å². The Morgan fingerprint density at radius 1 is 1.18 bits per heavy atom. The van der Waals surface area contributed by atoms with Crippen molar-refractivity contribution >= 4 is 21.8 Å². The fourth-order valence-corrected chi connectivity index (χ4v) is 3.13. The highest BCUT2D eigenvalue weighted by molar-refractivity contribution is 9.10. The highest BCUT2D eigenvalue weighted by atomic mass is 79.9. The molecule has 1 aliphatic rings. The normalized spacial score (nSPS) is 15.4. The van der Waals surface area contributed by atoms with Crippen molar-refractivity contribution in [1.82, 2.24) is 5.32 Å². The molecule has 2 nitrogen and oxygen atoms in total. The summed E-state index contributed by atoms with van der Waals surface area (Å²) in [6, 6.07) is 14.4. The Morgan fingerprint density at radius 2 is 1.91 bits per heavy atom. The molecule has 1 saturated carbocycles. The van der Waals surface area contributed by atoms with Crippen LogP contribution in [0.15, 0.2) is 53.0 Å². The predicted molar refractivity (Wildman–Crippen MR) is 88.2 cm³/mol. The maximum atomic E-state index is 13.0. The lowest BCUT2D eigenvalue weighted by atomic mass is 9.96. The molecule has 22 heavy (non-hydrogen) atoms. The SMILES string of the molecule is O=C(Cc1cccc(Br)c1)NCC1(c2ccc(F)cc2)CC1. The summed E-state index contributed by atoms with van der Waals surface area (Å²) in [4.78, 5) is 12.1. The van der Waals surface area contributed by atoms with E-state index in [0.29, 0.717) is 13.0 Å². The van der Waals surface area contributed by atoms with Crippen LogP contribution in [-0.4, -0.2) is 12.5 Å². The highest BCUT2D eigenvalue weighted by Crippen LogP contribution is 2.47. The number of hydrogen-bond donors (Lipinski definition) is 1. The summed E-state index contributed by atoms with van der Waals surface area (Å²) in [5.74, 6) is -0.204. The third-order valence-electron chi connectivity index (χ3n) is 4.19. The van der Waals surface area contributed by atoms with E-state index >= 15 is 0 Å². The molecule has 4 heteroatoms. The van der Waals surface area contributed by atoms with Gasteiger partial charge in [0.25, 0.3) is 0 Å². The van der Waals surface area contributed by atoms with Crippen LogP contribution >= 0.6 is 15.9 Å². The Morgan fingerprint density at radius 3 is 2.55 bits per heavy atom. The van der Waals surface area contributed by atoms with Crippen molar-refractivity contribution in [3.05, 3.63) is 69.9 Å². The molecule has 0 spiro atoms. The number of halogens is 2. The Kier molecular flexibility index (Phi) is 4.30. The van der Waals surface area contributed by atoms with Gasteiger partial charge in [-0.1, -0.05) is 40.2 Å². The summed E-state index contributed by atoms with van der Waals surface area (Å²) in [7, 11) is 0. The van der Waals surface area contributed by atoms with Crippen LogP contribution in [0.3, 0.4) is 0 Å². The average molecular weight is 362 g/mol. The summed E-state index contributed by atoms with van der Waals surface area (Å²) in [5, 5.41) is 3.02. The van der Waals surface area contributed by atoms with Crippen LogP contribution in [-0.2, 0) is 16.6 Å². The van der Waals surface area contributed by atoms with Gasteiger partial charge in [0.15, 0.2) is 0 Å². The second-order valence-electron chi connectivity index (χ2n) is 5.87. The van der Waals surface area contributed by atoms with E-state index in [1.165, 1.54) is 12.1 Å². The predicted octanol–water partition coefficient (Wildman–Crippen LogP) is 3.98. The van der Waals surface area contributed by atoms with Gasteiger partial charge in [-0.15, -0.1) is 0 Å². The lowest BCUT2D eigenvalue weighted by Crippen LogP contribution is -2.33. The first-order valence-electron chi connectivity index (χ1n) is 7.35. The van der Waals surface area contributed by atoms with Gasteiger partial charge in [-0.3, -0.25) is 4.79 Å². The lowest BCUT2D eigenvalue weighted by molar-refractivity contribution is -0.120. The first kappa shape index (κ1) is 15.2. The molecule has 1 amide bonds. The second-order valence-corrected chi connectivity index (χ2v) is 6.79. The van der Waals surface area contributed by atoms with Crippen LogP contribution in [0, 0.1) is 5.82 Å². The molecule has 1 aliphatic carbocycles. The zero-order chi connectivity index (χ0) is 15.6. The molecule has 114 valence electrons. The molecule has 0 aromatic heterocycles. The van der Waals surface area contributed by atoms with E-state index in [-0.39, 0.29) is 17.1 Å². The Balaban J connectivity index is 1.58. The van der Waals surface area contributed by atoms with Crippen LogP contribution in [0.2, 0.25) is 0 Å². The standard InChI is InChI=1S/C18H17BrFNO/c19-15-3-1-2-13(10-15)11-17(22)21-12-18(8-9-18)14-4-6-16(20)7-5-14/h1-7,10H,8-9,11-12H2,(H,21,22). The smallest absolute Gasteiger partial charge is 0.224 e. The van der Waals surface area contributed by atoms with E-state index in [1.807, 2.05) is 36.4 Å². The fraction of sp³-hybridized carbons (Fsp3) is 0.278. The molecule has 2 aromatic rings. The van der Waals surface area contributed by atoms with Crippen molar-refractivity contribution in [1.29, 1.82) is 0 Å². The van der Waals surface area contributed by atoms with Gasteiger partial charge in [0, 0.05) is 16.4 Å². The minimum Gasteiger partial charge on any atom is -0.355 e. The molecule has 0 unspecified atom stereocenters. The lowest BCUT2D eigenvalue weighted by Gasteiger charge is -2.16. The first-order chi connectivity index (χ1) is 10.6. The molecular weight excluding hydrogens is 345 g/mol. The van der Waals surface area contributed by atoms with Crippen molar-refractivity contribution in [3.8, 4) is 0 Å². The quantitative estimate of drug-likeness (QED) is 0.857. The fourth-order valence-electron chi connectivity index (χ4n) is 2.68.